The van der Waals surface area contributed by atoms with Gasteiger partial charge in [0.05, 0.1) is 48.3 Å². The minimum atomic E-state index is -0.738. The van der Waals surface area contributed by atoms with Crippen molar-refractivity contribution in [2.45, 2.75) is 46.8 Å². The molecule has 0 saturated carbocycles. The summed E-state index contributed by atoms with van der Waals surface area (Å²) in [5.41, 5.74) is 1.88. The third-order valence-electron chi connectivity index (χ3n) is 6.23. The lowest BCUT2D eigenvalue weighted by Gasteiger charge is -2.25. The quantitative estimate of drug-likeness (QED) is 0.310. The fraction of sp³-hybridized carbons (Fsp3) is 0.355. The average molecular weight is 595 g/mol. The fourth-order valence-corrected chi connectivity index (χ4v) is 5.50. The van der Waals surface area contributed by atoms with Crippen LogP contribution in [0.3, 0.4) is 0 Å². The number of ether oxygens (including phenoxy) is 5. The van der Waals surface area contributed by atoms with Gasteiger partial charge in [-0.2, -0.15) is 0 Å². The predicted octanol–water partition coefficient (Wildman–Crippen LogP) is 3.54. The van der Waals surface area contributed by atoms with Gasteiger partial charge in [0.25, 0.3) is 5.56 Å². The molecule has 4 rings (SSSR count). The van der Waals surface area contributed by atoms with Gasteiger partial charge in [-0.25, -0.2) is 14.6 Å². The van der Waals surface area contributed by atoms with E-state index in [0.717, 1.165) is 5.56 Å². The number of carbonyl (C=O) groups excluding carboxylic acids is 2. The molecular weight excluding hydrogens is 560 g/mol. The van der Waals surface area contributed by atoms with Gasteiger partial charge < -0.3 is 23.7 Å². The Labute approximate surface area is 247 Å². The number of methoxy groups -OCH3 is 1. The van der Waals surface area contributed by atoms with Gasteiger partial charge in [0.1, 0.15) is 5.75 Å². The second-order valence-corrected chi connectivity index (χ2v) is 10.6. The molecule has 0 fully saturated rings. The Bertz CT molecular complexity index is 1670. The van der Waals surface area contributed by atoms with Crippen molar-refractivity contribution in [3.05, 3.63) is 84.5 Å². The zero-order chi connectivity index (χ0) is 30.4. The van der Waals surface area contributed by atoms with E-state index in [0.29, 0.717) is 50.0 Å². The molecule has 2 aromatic carbocycles. The van der Waals surface area contributed by atoms with Gasteiger partial charge in [0, 0.05) is 0 Å². The number of thiazole rings is 1. The van der Waals surface area contributed by atoms with E-state index in [-0.39, 0.29) is 24.9 Å². The zero-order valence-electron chi connectivity index (χ0n) is 24.5. The van der Waals surface area contributed by atoms with Crippen molar-refractivity contribution in [3.63, 3.8) is 0 Å². The van der Waals surface area contributed by atoms with Crippen LogP contribution in [-0.2, 0) is 19.1 Å². The van der Waals surface area contributed by atoms with Crippen LogP contribution in [0.4, 0.5) is 0 Å². The van der Waals surface area contributed by atoms with Gasteiger partial charge in [-0.15, -0.1) is 0 Å². The highest BCUT2D eigenvalue weighted by Gasteiger charge is 2.33. The van der Waals surface area contributed by atoms with Crippen LogP contribution < -0.4 is 29.1 Å². The first-order valence-corrected chi connectivity index (χ1v) is 14.4. The van der Waals surface area contributed by atoms with E-state index in [1.165, 1.54) is 15.9 Å². The number of rotatable bonds is 11. The van der Waals surface area contributed by atoms with Crippen molar-refractivity contribution in [1.29, 1.82) is 0 Å². The van der Waals surface area contributed by atoms with Crippen molar-refractivity contribution >= 4 is 29.4 Å². The molecule has 0 unspecified atom stereocenters. The third kappa shape index (κ3) is 6.73. The number of nitrogens with zero attached hydrogens (tertiary/aromatic N) is 2. The van der Waals surface area contributed by atoms with Crippen LogP contribution in [0.25, 0.3) is 6.08 Å². The minimum Gasteiger partial charge on any atom is -0.497 e. The third-order valence-corrected chi connectivity index (χ3v) is 7.22. The van der Waals surface area contributed by atoms with Gasteiger partial charge in [0.15, 0.2) is 22.9 Å². The lowest BCUT2D eigenvalue weighted by molar-refractivity contribution is -0.145. The lowest BCUT2D eigenvalue weighted by Crippen LogP contribution is -2.40. The normalized spacial score (nSPS) is 14.7. The molecular formula is C31H34N2O8S. The van der Waals surface area contributed by atoms with E-state index in [1.807, 2.05) is 19.1 Å². The van der Waals surface area contributed by atoms with E-state index in [9.17, 15) is 14.4 Å². The van der Waals surface area contributed by atoms with Gasteiger partial charge in [-0.3, -0.25) is 9.36 Å². The van der Waals surface area contributed by atoms with Crippen molar-refractivity contribution < 1.29 is 33.3 Å². The molecule has 0 spiro atoms. The highest BCUT2D eigenvalue weighted by molar-refractivity contribution is 7.07. The molecule has 0 bridgehead atoms. The maximum Gasteiger partial charge on any atom is 0.344 e. The topological polar surface area (TPSA) is 115 Å². The summed E-state index contributed by atoms with van der Waals surface area (Å²) in [7, 11) is 1.57. The summed E-state index contributed by atoms with van der Waals surface area (Å²) in [5, 5.41) is 0. The van der Waals surface area contributed by atoms with Crippen LogP contribution in [-0.4, -0.2) is 49.5 Å². The van der Waals surface area contributed by atoms with Crippen LogP contribution in [0.2, 0.25) is 0 Å². The van der Waals surface area contributed by atoms with Crippen LogP contribution in [0.1, 0.15) is 51.8 Å². The smallest absolute Gasteiger partial charge is 0.344 e. The lowest BCUT2D eigenvalue weighted by atomic mass is 9.96. The molecule has 0 amide bonds. The Balaban J connectivity index is 1.80. The highest BCUT2D eigenvalue weighted by Crippen LogP contribution is 2.32. The van der Waals surface area contributed by atoms with Gasteiger partial charge in [0.2, 0.25) is 0 Å². The Morgan fingerprint density at radius 1 is 1.05 bits per heavy atom. The Kier molecular flexibility index (Phi) is 9.84. The van der Waals surface area contributed by atoms with Crippen LogP contribution in [0, 0.1) is 0 Å². The number of fused-ring (bicyclic) bond motifs is 1. The Morgan fingerprint density at radius 2 is 1.79 bits per heavy atom. The largest absolute Gasteiger partial charge is 0.497 e. The van der Waals surface area contributed by atoms with E-state index in [1.54, 1.807) is 71.2 Å². The second-order valence-electron chi connectivity index (χ2n) is 9.54. The fourth-order valence-electron chi connectivity index (χ4n) is 4.45. The molecule has 1 aromatic heterocycles. The first-order valence-electron chi connectivity index (χ1n) is 13.6. The Hall–Kier alpha value is -4.38. The number of hydrogen-bond acceptors (Lipinski definition) is 10. The number of benzene rings is 2. The molecule has 1 atom stereocenters. The molecule has 0 aliphatic carbocycles. The molecule has 42 heavy (non-hydrogen) atoms. The van der Waals surface area contributed by atoms with E-state index in [2.05, 4.69) is 4.99 Å². The Morgan fingerprint density at radius 3 is 2.43 bits per heavy atom. The van der Waals surface area contributed by atoms with Gasteiger partial charge in [-0.05, 0) is 76.1 Å². The minimum absolute atomic E-state index is 0.252. The summed E-state index contributed by atoms with van der Waals surface area (Å²) >= 11 is 1.22. The molecule has 2 heterocycles. The molecule has 0 saturated heterocycles. The summed E-state index contributed by atoms with van der Waals surface area (Å²) in [6.07, 6.45) is 1.39. The number of carbonyl (C=O) groups is 2. The monoisotopic (exact) mass is 594 g/mol. The van der Waals surface area contributed by atoms with Crippen molar-refractivity contribution in [3.8, 4) is 17.2 Å². The first-order chi connectivity index (χ1) is 20.2. The highest BCUT2D eigenvalue weighted by atomic mass is 32.1. The first kappa shape index (κ1) is 30.6. The number of aromatic nitrogens is 1. The molecule has 11 heteroatoms. The van der Waals surface area contributed by atoms with Crippen LogP contribution in [0.15, 0.2) is 63.5 Å². The predicted molar refractivity (Wildman–Crippen MR) is 158 cm³/mol. The number of allylic oxidation sites excluding steroid dienone is 1. The van der Waals surface area contributed by atoms with Crippen LogP contribution >= 0.6 is 11.3 Å². The molecule has 1 aliphatic heterocycles. The van der Waals surface area contributed by atoms with E-state index in [4.69, 9.17) is 23.7 Å². The van der Waals surface area contributed by atoms with Crippen LogP contribution in [0.5, 0.6) is 17.2 Å². The SMILES string of the molecule is CCOC(=O)COc1ccc(/C=c2\sc3n(c2=O)[C@H](c2ccc(OC)cc2)C(C(=O)OC(C)C)=C(C)N=3)cc1OCC. The molecule has 3 aromatic rings. The summed E-state index contributed by atoms with van der Waals surface area (Å²) in [6.45, 7) is 9.23. The van der Waals surface area contributed by atoms with E-state index < -0.39 is 18.0 Å². The molecule has 1 aliphatic rings. The molecule has 0 N–H and O–H groups in total. The number of hydrogen-bond donors (Lipinski definition) is 0. The van der Waals surface area contributed by atoms with Crippen molar-refractivity contribution in [2.24, 2.45) is 4.99 Å². The van der Waals surface area contributed by atoms with Crippen molar-refractivity contribution in [1.82, 2.24) is 4.57 Å². The maximum absolute atomic E-state index is 13.9. The van der Waals surface area contributed by atoms with Crippen molar-refractivity contribution in [2.75, 3.05) is 26.9 Å². The molecule has 0 radical (unpaired) electrons. The summed E-state index contributed by atoms with van der Waals surface area (Å²) in [4.78, 5) is 44.0. The number of esters is 2. The second kappa shape index (κ2) is 13.5. The van der Waals surface area contributed by atoms with Gasteiger partial charge in [-0.1, -0.05) is 29.5 Å². The summed E-state index contributed by atoms with van der Waals surface area (Å²) in [5.74, 6) is 0.448. The standard InChI is InChI=1S/C31H34N2O8S/c1-7-38-24-15-20(9-14-23(24)40-17-26(34)39-8-2)16-25-29(35)33-28(21-10-12-22(37-6)13-11-21)27(30(36)41-18(3)4)19(5)32-31(33)42-25/h9-16,18,28H,7-8,17H2,1-6H3/b25-16-/t28-/m1/s1. The maximum atomic E-state index is 13.9. The van der Waals surface area contributed by atoms with Gasteiger partial charge >= 0.3 is 11.9 Å². The summed E-state index contributed by atoms with van der Waals surface area (Å²) in [6, 6.07) is 11.7. The van der Waals surface area contributed by atoms with E-state index >= 15 is 0 Å². The molecule has 10 nitrogen and oxygen atoms in total. The zero-order valence-corrected chi connectivity index (χ0v) is 25.3. The average Bonchev–Trinajstić information content (AvgIpc) is 3.25. The summed E-state index contributed by atoms with van der Waals surface area (Å²) < 4.78 is 29.1. The molecule has 222 valence electrons.